The Labute approximate surface area is 130 Å². The highest BCUT2D eigenvalue weighted by molar-refractivity contribution is 6.31. The number of ether oxygens (including phenoxy) is 2. The number of anilines is 1. The molecule has 0 atom stereocenters. The zero-order valence-electron chi connectivity index (χ0n) is 12.7. The van der Waals surface area contributed by atoms with Gasteiger partial charge in [-0.1, -0.05) is 11.6 Å². The molecule has 0 fully saturated rings. The van der Waals surface area contributed by atoms with Crippen LogP contribution in [0.15, 0.2) is 24.3 Å². The van der Waals surface area contributed by atoms with Gasteiger partial charge in [0.15, 0.2) is 0 Å². The van der Waals surface area contributed by atoms with Gasteiger partial charge in [-0.15, -0.1) is 0 Å². The van der Waals surface area contributed by atoms with Crippen molar-refractivity contribution in [1.82, 2.24) is 4.98 Å². The number of pyridine rings is 1. The highest BCUT2D eigenvalue weighted by Crippen LogP contribution is 2.31. The number of halogens is 1. The molecule has 112 valence electrons. The van der Waals surface area contributed by atoms with E-state index in [-0.39, 0.29) is 0 Å². The van der Waals surface area contributed by atoms with Crippen LogP contribution in [-0.2, 0) is 6.54 Å². The van der Waals surface area contributed by atoms with Gasteiger partial charge < -0.3 is 14.8 Å². The maximum absolute atomic E-state index is 6.11. The Hall–Kier alpha value is -1.94. The number of aromatic nitrogens is 1. The summed E-state index contributed by atoms with van der Waals surface area (Å²) in [5, 5.41) is 4.01. The van der Waals surface area contributed by atoms with E-state index in [0.29, 0.717) is 17.3 Å². The molecule has 2 aromatic rings. The summed E-state index contributed by atoms with van der Waals surface area (Å²) in [4.78, 5) is 4.48. The van der Waals surface area contributed by atoms with E-state index in [9.17, 15) is 0 Å². The third kappa shape index (κ3) is 3.79. The fourth-order valence-electron chi connectivity index (χ4n) is 2.07. The zero-order chi connectivity index (χ0) is 15.4. The molecule has 0 spiro atoms. The molecule has 21 heavy (non-hydrogen) atoms. The minimum atomic E-state index is 0.579. The Morgan fingerprint density at radius 2 is 1.86 bits per heavy atom. The number of rotatable bonds is 5. The molecule has 0 saturated heterocycles. The van der Waals surface area contributed by atoms with Crippen molar-refractivity contribution in [1.29, 1.82) is 0 Å². The topological polar surface area (TPSA) is 43.4 Å². The fourth-order valence-corrected chi connectivity index (χ4v) is 2.22. The van der Waals surface area contributed by atoms with Crippen molar-refractivity contribution in [3.63, 3.8) is 0 Å². The Kier molecular flexibility index (Phi) is 4.91. The van der Waals surface area contributed by atoms with E-state index in [1.807, 2.05) is 38.1 Å². The van der Waals surface area contributed by atoms with Crippen LogP contribution in [-0.4, -0.2) is 19.2 Å². The first-order chi connectivity index (χ1) is 10.0. The molecule has 0 radical (unpaired) electrons. The number of hydrogen-bond acceptors (Lipinski definition) is 4. The molecule has 0 saturated carbocycles. The number of aryl methyl sites for hydroxylation is 2. The summed E-state index contributed by atoms with van der Waals surface area (Å²) < 4.78 is 10.6. The lowest BCUT2D eigenvalue weighted by Crippen LogP contribution is -2.05. The molecule has 0 unspecified atom stereocenters. The molecule has 0 bridgehead atoms. The second kappa shape index (κ2) is 6.68. The molecule has 0 aliphatic carbocycles. The van der Waals surface area contributed by atoms with Crippen molar-refractivity contribution in [3.8, 4) is 11.5 Å². The van der Waals surface area contributed by atoms with Crippen LogP contribution in [0.2, 0.25) is 5.02 Å². The SMILES string of the molecule is COc1cc(C)nc(CNc2cc(C)c(Cl)cc2OC)c1. The summed E-state index contributed by atoms with van der Waals surface area (Å²) in [6, 6.07) is 7.59. The molecule has 5 heteroatoms. The Morgan fingerprint density at radius 3 is 2.52 bits per heavy atom. The molecule has 0 aliphatic heterocycles. The Morgan fingerprint density at radius 1 is 1.10 bits per heavy atom. The van der Waals surface area contributed by atoms with Gasteiger partial charge in [-0.25, -0.2) is 0 Å². The molecular weight excluding hydrogens is 288 g/mol. The van der Waals surface area contributed by atoms with Crippen molar-refractivity contribution in [3.05, 3.63) is 46.2 Å². The van der Waals surface area contributed by atoms with Crippen LogP contribution in [0, 0.1) is 13.8 Å². The number of hydrogen-bond donors (Lipinski definition) is 1. The van der Waals surface area contributed by atoms with Gasteiger partial charge in [0.05, 0.1) is 32.1 Å². The van der Waals surface area contributed by atoms with Crippen molar-refractivity contribution < 1.29 is 9.47 Å². The van der Waals surface area contributed by atoms with Crippen LogP contribution in [0.5, 0.6) is 11.5 Å². The van der Waals surface area contributed by atoms with E-state index in [1.165, 1.54) is 0 Å². The summed E-state index contributed by atoms with van der Waals surface area (Å²) in [7, 11) is 3.28. The maximum atomic E-state index is 6.11. The predicted molar refractivity (Wildman–Crippen MR) is 85.6 cm³/mol. The van der Waals surface area contributed by atoms with Crippen molar-refractivity contribution in [2.45, 2.75) is 20.4 Å². The quantitative estimate of drug-likeness (QED) is 0.907. The molecule has 1 heterocycles. The van der Waals surface area contributed by atoms with Crippen LogP contribution in [0.25, 0.3) is 0 Å². The van der Waals surface area contributed by atoms with Gasteiger partial charge >= 0.3 is 0 Å². The monoisotopic (exact) mass is 306 g/mol. The normalized spacial score (nSPS) is 10.3. The van der Waals surface area contributed by atoms with E-state index in [2.05, 4.69) is 10.3 Å². The fraction of sp³-hybridized carbons (Fsp3) is 0.312. The molecule has 1 aromatic carbocycles. The average Bonchev–Trinajstić information content (AvgIpc) is 2.47. The molecule has 0 amide bonds. The Balaban J connectivity index is 2.20. The maximum Gasteiger partial charge on any atom is 0.143 e. The number of methoxy groups -OCH3 is 2. The van der Waals surface area contributed by atoms with Gasteiger partial charge in [-0.2, -0.15) is 0 Å². The van der Waals surface area contributed by atoms with Crippen molar-refractivity contribution in [2.24, 2.45) is 0 Å². The van der Waals surface area contributed by atoms with E-state index in [1.54, 1.807) is 14.2 Å². The molecular formula is C16H19ClN2O2. The van der Waals surface area contributed by atoms with Gasteiger partial charge in [0, 0.05) is 28.9 Å². The summed E-state index contributed by atoms with van der Waals surface area (Å²) in [6.07, 6.45) is 0. The standard InChI is InChI=1S/C16H19ClN2O2/c1-10-5-15(16(21-4)8-14(10)17)18-9-12-7-13(20-3)6-11(2)19-12/h5-8,18H,9H2,1-4H3. The van der Waals surface area contributed by atoms with E-state index in [0.717, 1.165) is 28.4 Å². The highest BCUT2D eigenvalue weighted by Gasteiger charge is 2.08. The van der Waals surface area contributed by atoms with E-state index >= 15 is 0 Å². The van der Waals surface area contributed by atoms with Crippen LogP contribution < -0.4 is 14.8 Å². The first-order valence-corrected chi connectivity index (χ1v) is 7.01. The second-order valence-corrected chi connectivity index (χ2v) is 5.20. The first-order valence-electron chi connectivity index (χ1n) is 6.63. The third-order valence-electron chi connectivity index (χ3n) is 3.16. The lowest BCUT2D eigenvalue weighted by molar-refractivity contribution is 0.413. The molecule has 0 aliphatic rings. The number of nitrogens with zero attached hydrogens (tertiary/aromatic N) is 1. The zero-order valence-corrected chi connectivity index (χ0v) is 13.4. The average molecular weight is 307 g/mol. The predicted octanol–water partition coefficient (Wildman–Crippen LogP) is 3.98. The summed E-state index contributed by atoms with van der Waals surface area (Å²) in [5.41, 5.74) is 3.71. The minimum Gasteiger partial charge on any atom is -0.497 e. The van der Waals surface area contributed by atoms with Crippen LogP contribution in [0.3, 0.4) is 0 Å². The van der Waals surface area contributed by atoms with Gasteiger partial charge in [-0.3, -0.25) is 4.98 Å². The highest BCUT2D eigenvalue weighted by atomic mass is 35.5. The van der Waals surface area contributed by atoms with E-state index < -0.39 is 0 Å². The molecule has 4 nitrogen and oxygen atoms in total. The van der Waals surface area contributed by atoms with Gasteiger partial charge in [0.1, 0.15) is 11.5 Å². The third-order valence-corrected chi connectivity index (χ3v) is 3.56. The van der Waals surface area contributed by atoms with Crippen LogP contribution in [0.1, 0.15) is 17.0 Å². The van der Waals surface area contributed by atoms with Crippen LogP contribution in [0.4, 0.5) is 5.69 Å². The lowest BCUT2D eigenvalue weighted by atomic mass is 10.2. The minimum absolute atomic E-state index is 0.579. The van der Waals surface area contributed by atoms with E-state index in [4.69, 9.17) is 21.1 Å². The first kappa shape index (κ1) is 15.4. The summed E-state index contributed by atoms with van der Waals surface area (Å²) in [5.74, 6) is 1.52. The van der Waals surface area contributed by atoms with Crippen molar-refractivity contribution >= 4 is 17.3 Å². The molecule has 1 aromatic heterocycles. The molecule has 2 rings (SSSR count). The van der Waals surface area contributed by atoms with Crippen LogP contribution >= 0.6 is 11.6 Å². The van der Waals surface area contributed by atoms with Gasteiger partial charge in [0.25, 0.3) is 0 Å². The van der Waals surface area contributed by atoms with Gasteiger partial charge in [0.2, 0.25) is 0 Å². The summed E-state index contributed by atoms with van der Waals surface area (Å²) >= 11 is 6.11. The number of nitrogens with one attached hydrogen (secondary N) is 1. The van der Waals surface area contributed by atoms with Crippen molar-refractivity contribution in [2.75, 3.05) is 19.5 Å². The van der Waals surface area contributed by atoms with Gasteiger partial charge in [-0.05, 0) is 25.5 Å². The summed E-state index contributed by atoms with van der Waals surface area (Å²) in [6.45, 7) is 4.48. The largest absolute Gasteiger partial charge is 0.497 e. The lowest BCUT2D eigenvalue weighted by Gasteiger charge is -2.13. The Bertz CT molecular complexity index is 644. The second-order valence-electron chi connectivity index (χ2n) is 4.79. The number of benzene rings is 1. The smallest absolute Gasteiger partial charge is 0.143 e. The molecule has 1 N–H and O–H groups in total.